The lowest BCUT2D eigenvalue weighted by atomic mass is 9.93. The number of rotatable bonds is 13. The fourth-order valence-corrected chi connectivity index (χ4v) is 7.93. The molecule has 18 heteroatoms. The zero-order chi connectivity index (χ0) is 42.8. The number of methoxy groups -OCH3 is 1. The Labute approximate surface area is 343 Å². The third kappa shape index (κ3) is 8.17. The number of benzene rings is 3. The molecule has 2 saturated heterocycles. The van der Waals surface area contributed by atoms with Crippen molar-refractivity contribution in [1.82, 2.24) is 9.80 Å². The molecule has 0 unspecified atom stereocenters. The average molecular weight is 831 g/mol. The first kappa shape index (κ1) is 42.2. The fraction of sp³-hybridized carbons (Fsp3) is 0.405. The van der Waals surface area contributed by atoms with Crippen molar-refractivity contribution < 1.29 is 76.6 Å². The number of aliphatic hydroxyl groups is 1. The van der Waals surface area contributed by atoms with Crippen LogP contribution >= 0.6 is 0 Å². The van der Waals surface area contributed by atoms with Gasteiger partial charge < -0.3 is 43.0 Å². The van der Waals surface area contributed by atoms with Crippen LogP contribution in [0.1, 0.15) is 67.8 Å². The topological polar surface area (TPSA) is 220 Å². The number of aliphatic hydroxyl groups excluding tert-OH is 1. The predicted octanol–water partition coefficient (Wildman–Crippen LogP) is 1.80. The summed E-state index contributed by atoms with van der Waals surface area (Å²) in [7, 11) is 1.26. The number of hydrogen-bond donors (Lipinski definition) is 1. The number of hydrogen-bond acceptors (Lipinski definition) is 16. The van der Waals surface area contributed by atoms with Crippen LogP contribution in [0, 0.1) is 0 Å². The highest BCUT2D eigenvalue weighted by Crippen LogP contribution is 2.39. The van der Waals surface area contributed by atoms with Gasteiger partial charge in [0.2, 0.25) is 0 Å². The van der Waals surface area contributed by atoms with E-state index in [0.29, 0.717) is 0 Å². The van der Waals surface area contributed by atoms with Crippen molar-refractivity contribution in [3.63, 3.8) is 0 Å². The molecule has 316 valence electrons. The van der Waals surface area contributed by atoms with E-state index in [0.717, 1.165) is 36.1 Å². The first-order valence-corrected chi connectivity index (χ1v) is 19.0. The van der Waals surface area contributed by atoms with Gasteiger partial charge >= 0.3 is 17.9 Å². The number of ether oxygens (including phenoxy) is 8. The van der Waals surface area contributed by atoms with E-state index in [4.69, 9.17) is 37.9 Å². The quantitative estimate of drug-likeness (QED) is 0.147. The highest BCUT2D eigenvalue weighted by Gasteiger charge is 2.60. The molecule has 60 heavy (non-hydrogen) atoms. The molecule has 10 atom stereocenters. The summed E-state index contributed by atoms with van der Waals surface area (Å²) in [4.78, 5) is 95.1. The van der Waals surface area contributed by atoms with Gasteiger partial charge in [0.25, 0.3) is 23.6 Å². The van der Waals surface area contributed by atoms with E-state index in [9.17, 15) is 38.7 Å². The van der Waals surface area contributed by atoms with Gasteiger partial charge in [0, 0.05) is 27.9 Å². The highest BCUT2D eigenvalue weighted by molar-refractivity contribution is 6.22. The molecule has 4 amide bonds. The van der Waals surface area contributed by atoms with E-state index < -0.39 is 109 Å². The van der Waals surface area contributed by atoms with Crippen molar-refractivity contribution >= 4 is 41.5 Å². The van der Waals surface area contributed by atoms with Crippen molar-refractivity contribution in [3.05, 3.63) is 107 Å². The molecular formula is C42H42N2O16. The Morgan fingerprint density at radius 2 is 1.07 bits per heavy atom. The Morgan fingerprint density at radius 1 is 0.600 bits per heavy atom. The summed E-state index contributed by atoms with van der Waals surface area (Å²) in [5, 5.41) is 12.4. The van der Waals surface area contributed by atoms with Crippen molar-refractivity contribution in [2.45, 2.75) is 88.7 Å². The van der Waals surface area contributed by atoms with Crippen LogP contribution in [-0.4, -0.2) is 138 Å². The summed E-state index contributed by atoms with van der Waals surface area (Å²) in [6, 6.07) is 17.8. The maximum Gasteiger partial charge on any atom is 0.303 e. The molecule has 0 saturated carbocycles. The van der Waals surface area contributed by atoms with E-state index in [2.05, 4.69) is 0 Å². The van der Waals surface area contributed by atoms with E-state index >= 15 is 0 Å². The molecule has 1 N–H and O–H groups in total. The zero-order valence-electron chi connectivity index (χ0n) is 32.9. The third-order valence-electron chi connectivity index (χ3n) is 10.5. The SMILES string of the molecule is CO[C@@H]1O[C@H](COCc2ccccc2)[C@@H](O[C@@H]2O[C@H](COC(C)=O)[C@H](OC(C)=O)[C@H](OC(C)=O)[C@H]2N2C(=O)c3ccccc3C2=O)[C@H](O)[C@H]1N1C(=O)c2ccccc2C1=O. The van der Waals surface area contributed by atoms with Crippen LogP contribution in [0.25, 0.3) is 0 Å². The fourth-order valence-electron chi connectivity index (χ4n) is 7.93. The minimum atomic E-state index is -1.88. The van der Waals surface area contributed by atoms with Crippen molar-refractivity contribution in [1.29, 1.82) is 0 Å². The Bertz CT molecular complexity index is 2090. The monoisotopic (exact) mass is 830 g/mol. The van der Waals surface area contributed by atoms with Crippen molar-refractivity contribution in [2.24, 2.45) is 0 Å². The van der Waals surface area contributed by atoms with E-state index in [1.165, 1.54) is 31.4 Å². The number of imide groups is 2. The zero-order valence-corrected chi connectivity index (χ0v) is 32.9. The summed E-state index contributed by atoms with van der Waals surface area (Å²) >= 11 is 0. The predicted molar refractivity (Wildman–Crippen MR) is 201 cm³/mol. The van der Waals surface area contributed by atoms with Crippen LogP contribution < -0.4 is 0 Å². The molecule has 0 bridgehead atoms. The molecule has 4 aliphatic rings. The number of carbonyl (C=O) groups excluding carboxylic acids is 7. The van der Waals surface area contributed by atoms with Crippen molar-refractivity contribution in [3.8, 4) is 0 Å². The molecule has 18 nitrogen and oxygen atoms in total. The molecule has 3 aromatic carbocycles. The van der Waals surface area contributed by atoms with Gasteiger partial charge in [0.05, 0.1) is 35.5 Å². The van der Waals surface area contributed by atoms with Gasteiger partial charge in [-0.1, -0.05) is 54.6 Å². The van der Waals surface area contributed by atoms with Crippen LogP contribution in [0.15, 0.2) is 78.9 Å². The molecule has 4 heterocycles. The summed E-state index contributed by atoms with van der Waals surface area (Å²) in [5.41, 5.74) is 0.928. The maximum atomic E-state index is 14.2. The second-order valence-corrected chi connectivity index (χ2v) is 14.4. The lowest BCUT2D eigenvalue weighted by Crippen LogP contribution is -2.71. The first-order chi connectivity index (χ1) is 28.8. The molecule has 4 aliphatic heterocycles. The summed E-state index contributed by atoms with van der Waals surface area (Å²) in [6.07, 6.45) is -12.9. The van der Waals surface area contributed by atoms with Crippen LogP contribution in [-0.2, 0) is 58.9 Å². The van der Waals surface area contributed by atoms with Crippen LogP contribution in [0.3, 0.4) is 0 Å². The van der Waals surface area contributed by atoms with Gasteiger partial charge in [0.15, 0.2) is 24.8 Å². The normalized spacial score (nSPS) is 28.6. The molecule has 0 aliphatic carbocycles. The molecule has 7 rings (SSSR count). The third-order valence-corrected chi connectivity index (χ3v) is 10.5. The molecule has 0 radical (unpaired) electrons. The van der Waals surface area contributed by atoms with E-state index in [1.54, 1.807) is 24.3 Å². The smallest absolute Gasteiger partial charge is 0.303 e. The minimum absolute atomic E-state index is 0.00394. The van der Waals surface area contributed by atoms with Gasteiger partial charge in [0.1, 0.15) is 43.1 Å². The number of nitrogens with zero attached hydrogens (tertiary/aromatic N) is 2. The standard InChI is InChI=1S/C42H42N2O16/c1-21(45)55-20-30-35(56-22(2)46)36(57-23(3)47)32(44-39(51)27-16-10-11-17-28(27)40(44)52)42(59-30)60-34-29(19-54-18-24-12-6-5-7-13-24)58-41(53-4)31(33(34)48)43-37(49)25-14-8-9-15-26(25)38(43)50/h5-17,29-36,41-42,48H,18-20H2,1-4H3/t29-,30-,31-,32-,33-,34-,35+,36-,41-,42+/m1/s1. The van der Waals surface area contributed by atoms with Gasteiger partial charge in [-0.15, -0.1) is 0 Å². The molecular weight excluding hydrogens is 788 g/mol. The second-order valence-electron chi connectivity index (χ2n) is 14.4. The van der Waals surface area contributed by atoms with Crippen LogP contribution in [0.2, 0.25) is 0 Å². The molecule has 0 spiro atoms. The molecule has 3 aromatic rings. The van der Waals surface area contributed by atoms with Gasteiger partial charge in [-0.3, -0.25) is 43.4 Å². The summed E-state index contributed by atoms with van der Waals surface area (Å²) < 4.78 is 47.6. The van der Waals surface area contributed by atoms with Crippen LogP contribution in [0.5, 0.6) is 0 Å². The Morgan fingerprint density at radius 3 is 1.57 bits per heavy atom. The Balaban J connectivity index is 1.32. The lowest BCUT2D eigenvalue weighted by Gasteiger charge is -2.51. The van der Waals surface area contributed by atoms with Crippen LogP contribution in [0.4, 0.5) is 0 Å². The number of amides is 4. The van der Waals surface area contributed by atoms with E-state index in [-0.39, 0.29) is 35.5 Å². The number of fused-ring (bicyclic) bond motifs is 2. The molecule has 0 aromatic heterocycles. The minimum Gasteiger partial charge on any atom is -0.463 e. The maximum absolute atomic E-state index is 14.2. The van der Waals surface area contributed by atoms with Crippen molar-refractivity contribution in [2.75, 3.05) is 20.3 Å². The Hall–Kier alpha value is -5.89. The largest absolute Gasteiger partial charge is 0.463 e. The second kappa shape index (κ2) is 17.8. The lowest BCUT2D eigenvalue weighted by molar-refractivity contribution is -0.340. The Kier molecular flexibility index (Phi) is 12.5. The molecule has 2 fully saturated rings. The average Bonchev–Trinajstić information content (AvgIpc) is 3.62. The summed E-state index contributed by atoms with van der Waals surface area (Å²) in [5.74, 6) is -5.75. The van der Waals surface area contributed by atoms with Gasteiger partial charge in [-0.05, 0) is 29.8 Å². The van der Waals surface area contributed by atoms with Gasteiger partial charge in [-0.2, -0.15) is 0 Å². The first-order valence-electron chi connectivity index (χ1n) is 19.0. The highest BCUT2D eigenvalue weighted by atomic mass is 16.7. The summed E-state index contributed by atoms with van der Waals surface area (Å²) in [6.45, 7) is 2.40. The van der Waals surface area contributed by atoms with Gasteiger partial charge in [-0.25, -0.2) is 0 Å². The van der Waals surface area contributed by atoms with E-state index in [1.807, 2.05) is 30.3 Å². The number of esters is 3. The number of carbonyl (C=O) groups is 7.